The van der Waals surface area contributed by atoms with Crippen molar-refractivity contribution in [3.63, 3.8) is 0 Å². The van der Waals surface area contributed by atoms with Gasteiger partial charge in [0, 0.05) is 23.0 Å². The second-order valence-electron chi connectivity index (χ2n) is 8.17. The molecule has 1 fully saturated rings. The Morgan fingerprint density at radius 1 is 1.10 bits per heavy atom. The zero-order valence-corrected chi connectivity index (χ0v) is 19.2. The molecule has 1 amide bonds. The van der Waals surface area contributed by atoms with E-state index in [1.807, 2.05) is 37.4 Å². The smallest absolute Gasteiger partial charge is 0.279 e. The van der Waals surface area contributed by atoms with Crippen LogP contribution < -0.4 is 29.5 Å². The molecule has 1 aliphatic rings. The maximum absolute atomic E-state index is 12.5. The lowest BCUT2D eigenvalue weighted by Gasteiger charge is -2.33. The van der Waals surface area contributed by atoms with Gasteiger partial charge in [-0.05, 0) is 43.3 Å². The van der Waals surface area contributed by atoms with Gasteiger partial charge >= 0.3 is 0 Å². The van der Waals surface area contributed by atoms with E-state index in [0.29, 0.717) is 13.1 Å². The van der Waals surface area contributed by atoms with E-state index >= 15 is 0 Å². The van der Waals surface area contributed by atoms with Gasteiger partial charge in [-0.3, -0.25) is 4.79 Å². The van der Waals surface area contributed by atoms with Crippen molar-refractivity contribution in [3.8, 4) is 11.5 Å². The van der Waals surface area contributed by atoms with E-state index in [0.717, 1.165) is 40.7 Å². The first kappa shape index (κ1) is 22.9. The summed E-state index contributed by atoms with van der Waals surface area (Å²) in [7, 11) is 5.29. The van der Waals surface area contributed by atoms with Gasteiger partial charge in [-0.1, -0.05) is 0 Å². The molecule has 1 atom stereocenters. The third-order valence-corrected chi connectivity index (χ3v) is 5.94. The SMILES string of the molecule is CC[NH+]1CCN(c2ccc(NC(=O)C[NH+](C)Cc3ccc(OC)cc3OC)cc2)CC1. The van der Waals surface area contributed by atoms with Gasteiger partial charge in [0.15, 0.2) is 6.54 Å². The number of ether oxygens (including phenoxy) is 2. The summed E-state index contributed by atoms with van der Waals surface area (Å²) in [6.07, 6.45) is 0. The number of piperazine rings is 1. The predicted octanol–water partition coefficient (Wildman–Crippen LogP) is 0.0820. The molecule has 7 heteroatoms. The number of methoxy groups -OCH3 is 2. The Morgan fingerprint density at radius 2 is 1.81 bits per heavy atom. The molecule has 0 radical (unpaired) electrons. The molecular formula is C24H36N4O3+2. The number of nitrogens with zero attached hydrogens (tertiary/aromatic N) is 1. The maximum atomic E-state index is 12.5. The van der Waals surface area contributed by atoms with Crippen molar-refractivity contribution in [2.45, 2.75) is 13.5 Å². The molecule has 0 saturated carbocycles. The van der Waals surface area contributed by atoms with Crippen LogP contribution in [0.5, 0.6) is 11.5 Å². The first-order chi connectivity index (χ1) is 15.0. The number of carbonyl (C=O) groups is 1. The van der Waals surface area contributed by atoms with Crippen molar-refractivity contribution in [3.05, 3.63) is 48.0 Å². The lowest BCUT2D eigenvalue weighted by atomic mass is 10.1. The summed E-state index contributed by atoms with van der Waals surface area (Å²) < 4.78 is 10.7. The molecule has 1 heterocycles. The standard InChI is InChI=1S/C24H34N4O3/c1-5-27-12-14-28(15-13-27)21-9-7-20(8-10-21)25-24(29)18-26(2)17-19-6-11-22(30-3)16-23(19)31-4/h6-11,16H,5,12-15,17-18H2,1-4H3,(H,25,29)/p+2. The Hall–Kier alpha value is -2.77. The molecule has 3 rings (SSSR count). The molecule has 0 bridgehead atoms. The van der Waals surface area contributed by atoms with Crippen LogP contribution in [-0.2, 0) is 11.3 Å². The number of amides is 1. The van der Waals surface area contributed by atoms with Gasteiger partial charge in [0.05, 0.1) is 54.0 Å². The average molecular weight is 429 g/mol. The van der Waals surface area contributed by atoms with Crippen LogP contribution in [0.4, 0.5) is 11.4 Å². The van der Waals surface area contributed by atoms with E-state index in [1.54, 1.807) is 19.1 Å². The normalized spacial score (nSPS) is 15.4. The van der Waals surface area contributed by atoms with Crippen molar-refractivity contribution in [2.24, 2.45) is 0 Å². The van der Waals surface area contributed by atoms with Crippen molar-refractivity contribution in [2.75, 3.05) is 70.8 Å². The van der Waals surface area contributed by atoms with Gasteiger partial charge in [0.1, 0.15) is 18.0 Å². The van der Waals surface area contributed by atoms with Crippen LogP contribution >= 0.6 is 0 Å². The van der Waals surface area contributed by atoms with E-state index < -0.39 is 0 Å². The fraction of sp³-hybridized carbons (Fsp3) is 0.458. The van der Waals surface area contributed by atoms with Crippen molar-refractivity contribution < 1.29 is 24.1 Å². The van der Waals surface area contributed by atoms with Crippen LogP contribution in [0, 0.1) is 0 Å². The van der Waals surface area contributed by atoms with Crippen LogP contribution in [-0.4, -0.2) is 66.4 Å². The highest BCUT2D eigenvalue weighted by molar-refractivity contribution is 5.91. The summed E-state index contributed by atoms with van der Waals surface area (Å²) in [5, 5.41) is 3.02. The second-order valence-corrected chi connectivity index (χ2v) is 8.17. The fourth-order valence-corrected chi connectivity index (χ4v) is 4.06. The number of hydrogen-bond donors (Lipinski definition) is 3. The number of hydrogen-bond acceptors (Lipinski definition) is 4. The highest BCUT2D eigenvalue weighted by atomic mass is 16.5. The third kappa shape index (κ3) is 6.35. The van der Waals surface area contributed by atoms with E-state index in [1.165, 1.54) is 25.3 Å². The van der Waals surface area contributed by atoms with Crippen molar-refractivity contribution in [1.82, 2.24) is 0 Å². The monoisotopic (exact) mass is 428 g/mol. The van der Waals surface area contributed by atoms with Crippen molar-refractivity contribution in [1.29, 1.82) is 0 Å². The Kier molecular flexibility index (Phi) is 8.14. The Bertz CT molecular complexity index is 848. The molecular weight excluding hydrogens is 392 g/mol. The fourth-order valence-electron chi connectivity index (χ4n) is 4.06. The van der Waals surface area contributed by atoms with E-state index in [4.69, 9.17) is 9.47 Å². The minimum atomic E-state index is -0.00195. The minimum absolute atomic E-state index is 0.00195. The van der Waals surface area contributed by atoms with Crippen LogP contribution in [0.1, 0.15) is 12.5 Å². The van der Waals surface area contributed by atoms with Crippen molar-refractivity contribution >= 4 is 17.3 Å². The summed E-state index contributed by atoms with van der Waals surface area (Å²) in [6, 6.07) is 14.0. The van der Waals surface area contributed by atoms with E-state index in [-0.39, 0.29) is 5.91 Å². The zero-order chi connectivity index (χ0) is 22.2. The molecule has 31 heavy (non-hydrogen) atoms. The number of benzene rings is 2. The highest BCUT2D eigenvalue weighted by Gasteiger charge is 2.19. The number of nitrogens with one attached hydrogen (secondary N) is 3. The molecule has 2 aromatic rings. The first-order valence-corrected chi connectivity index (χ1v) is 11.0. The molecule has 1 unspecified atom stereocenters. The largest absolute Gasteiger partial charge is 0.497 e. The van der Waals surface area contributed by atoms with Gasteiger partial charge in [0.2, 0.25) is 0 Å². The van der Waals surface area contributed by atoms with Gasteiger partial charge in [-0.2, -0.15) is 0 Å². The molecule has 168 valence electrons. The Labute approximate surface area is 185 Å². The van der Waals surface area contributed by atoms with Gasteiger partial charge < -0.3 is 29.5 Å². The summed E-state index contributed by atoms with van der Waals surface area (Å²) in [5.74, 6) is 1.53. The van der Waals surface area contributed by atoms with Gasteiger partial charge in [-0.25, -0.2) is 0 Å². The molecule has 1 saturated heterocycles. The molecule has 7 nitrogen and oxygen atoms in total. The lowest BCUT2D eigenvalue weighted by molar-refractivity contribution is -0.898. The number of carbonyl (C=O) groups excluding carboxylic acids is 1. The maximum Gasteiger partial charge on any atom is 0.279 e. The Balaban J connectivity index is 1.50. The van der Waals surface area contributed by atoms with Crippen LogP contribution in [0.3, 0.4) is 0 Å². The molecule has 2 aromatic carbocycles. The number of rotatable bonds is 9. The topological polar surface area (TPSA) is 59.7 Å². The second kappa shape index (κ2) is 11.0. The zero-order valence-electron chi connectivity index (χ0n) is 19.2. The lowest BCUT2D eigenvalue weighted by Crippen LogP contribution is -3.14. The van der Waals surface area contributed by atoms with E-state index in [2.05, 4.69) is 29.3 Å². The molecule has 0 aliphatic carbocycles. The van der Waals surface area contributed by atoms with Gasteiger partial charge in [-0.15, -0.1) is 0 Å². The molecule has 0 spiro atoms. The number of quaternary nitrogens is 2. The molecule has 0 aromatic heterocycles. The van der Waals surface area contributed by atoms with E-state index in [9.17, 15) is 4.79 Å². The molecule has 1 aliphatic heterocycles. The van der Waals surface area contributed by atoms with Crippen LogP contribution in [0.25, 0.3) is 0 Å². The summed E-state index contributed by atoms with van der Waals surface area (Å²) in [6.45, 7) is 9.03. The molecule has 3 N–H and O–H groups in total. The Morgan fingerprint density at radius 3 is 2.42 bits per heavy atom. The van der Waals surface area contributed by atoms with Crippen LogP contribution in [0.15, 0.2) is 42.5 Å². The van der Waals surface area contributed by atoms with Gasteiger partial charge in [0.25, 0.3) is 5.91 Å². The highest BCUT2D eigenvalue weighted by Crippen LogP contribution is 2.23. The van der Waals surface area contributed by atoms with Crippen LogP contribution in [0.2, 0.25) is 0 Å². The third-order valence-electron chi connectivity index (χ3n) is 5.94. The minimum Gasteiger partial charge on any atom is -0.497 e. The summed E-state index contributed by atoms with van der Waals surface area (Å²) in [5.41, 5.74) is 3.10. The quantitative estimate of drug-likeness (QED) is 0.530. The predicted molar refractivity (Wildman–Crippen MR) is 124 cm³/mol. The number of likely N-dealkylation sites (N-methyl/N-ethyl adjacent to an activating group) is 2. The average Bonchev–Trinajstić information content (AvgIpc) is 2.79. The summed E-state index contributed by atoms with van der Waals surface area (Å²) in [4.78, 5) is 17.7. The first-order valence-electron chi connectivity index (χ1n) is 11.0. The number of anilines is 2. The summed E-state index contributed by atoms with van der Waals surface area (Å²) >= 11 is 0.